The van der Waals surface area contributed by atoms with E-state index in [1.54, 1.807) is 6.07 Å². The monoisotopic (exact) mass is 323 g/mol. The van der Waals surface area contributed by atoms with E-state index >= 15 is 0 Å². The van der Waals surface area contributed by atoms with Gasteiger partial charge in [0.15, 0.2) is 0 Å². The summed E-state index contributed by atoms with van der Waals surface area (Å²) in [6, 6.07) is 11.9. The number of carbonyl (C=O) groups excluding carboxylic acids is 1. The van der Waals surface area contributed by atoms with Gasteiger partial charge in [-0.1, -0.05) is 29.8 Å². The summed E-state index contributed by atoms with van der Waals surface area (Å²) in [5, 5.41) is 3.41. The van der Waals surface area contributed by atoms with Crippen LogP contribution in [0.25, 0.3) is 0 Å². The third-order valence-corrected chi connectivity index (χ3v) is 4.41. The molecule has 1 N–H and O–H groups in total. The summed E-state index contributed by atoms with van der Waals surface area (Å²) in [6.45, 7) is 1.83. The summed E-state index contributed by atoms with van der Waals surface area (Å²) in [6.07, 6.45) is 0.339. The average Bonchev–Trinajstić information content (AvgIpc) is 2.45. The highest BCUT2D eigenvalue weighted by Gasteiger charge is 2.07. The molecule has 2 rings (SSSR count). The third kappa shape index (κ3) is 4.76. The van der Waals surface area contributed by atoms with Crippen molar-refractivity contribution in [2.24, 2.45) is 0 Å². The molecule has 0 aliphatic carbocycles. The van der Waals surface area contributed by atoms with E-state index in [-0.39, 0.29) is 11.7 Å². The number of nitrogens with one attached hydrogen (secondary N) is 1. The smallest absolute Gasteiger partial charge is 0.225 e. The first-order valence-electron chi connectivity index (χ1n) is 6.49. The SMILES string of the molecule is Cc1ccc(F)cc1NC(=O)CCSc1ccccc1Cl. The van der Waals surface area contributed by atoms with Crippen LogP contribution in [0.4, 0.5) is 10.1 Å². The molecule has 0 unspecified atom stereocenters. The quantitative estimate of drug-likeness (QED) is 0.792. The number of carbonyl (C=O) groups is 1. The molecule has 2 aromatic carbocycles. The van der Waals surface area contributed by atoms with Gasteiger partial charge < -0.3 is 5.32 Å². The molecule has 0 aliphatic rings. The first kappa shape index (κ1) is 15.9. The number of benzene rings is 2. The topological polar surface area (TPSA) is 29.1 Å². The second kappa shape index (κ2) is 7.48. The van der Waals surface area contributed by atoms with Crippen molar-refractivity contribution in [3.05, 3.63) is 58.9 Å². The molecule has 0 fully saturated rings. The van der Waals surface area contributed by atoms with E-state index in [1.165, 1.54) is 23.9 Å². The third-order valence-electron chi connectivity index (χ3n) is 2.90. The molecule has 2 aromatic rings. The number of rotatable bonds is 5. The highest BCUT2D eigenvalue weighted by molar-refractivity contribution is 7.99. The van der Waals surface area contributed by atoms with E-state index in [2.05, 4.69) is 5.32 Å². The molecule has 21 heavy (non-hydrogen) atoms. The summed E-state index contributed by atoms with van der Waals surface area (Å²) in [5.41, 5.74) is 1.35. The van der Waals surface area contributed by atoms with Crippen LogP contribution in [0.15, 0.2) is 47.4 Å². The normalized spacial score (nSPS) is 10.4. The fourth-order valence-electron chi connectivity index (χ4n) is 1.76. The molecule has 110 valence electrons. The van der Waals surface area contributed by atoms with Crippen LogP contribution in [0.1, 0.15) is 12.0 Å². The molecule has 0 radical (unpaired) electrons. The molecule has 2 nitrogen and oxygen atoms in total. The van der Waals surface area contributed by atoms with Gasteiger partial charge in [-0.25, -0.2) is 4.39 Å². The minimum Gasteiger partial charge on any atom is -0.326 e. The summed E-state index contributed by atoms with van der Waals surface area (Å²) >= 11 is 7.57. The molecule has 0 saturated carbocycles. The lowest BCUT2D eigenvalue weighted by Crippen LogP contribution is -2.13. The Kier molecular flexibility index (Phi) is 5.65. The van der Waals surface area contributed by atoms with Gasteiger partial charge in [0.2, 0.25) is 5.91 Å². The summed E-state index contributed by atoms with van der Waals surface area (Å²) in [4.78, 5) is 12.8. The van der Waals surface area contributed by atoms with Crippen molar-refractivity contribution >= 4 is 35.0 Å². The van der Waals surface area contributed by atoms with Gasteiger partial charge in [-0.2, -0.15) is 0 Å². The van der Waals surface area contributed by atoms with Gasteiger partial charge in [0.05, 0.1) is 5.02 Å². The Bertz CT molecular complexity index is 648. The minimum atomic E-state index is -0.360. The summed E-state index contributed by atoms with van der Waals surface area (Å²) in [7, 11) is 0. The lowest BCUT2D eigenvalue weighted by molar-refractivity contribution is -0.115. The Morgan fingerprint density at radius 3 is 2.81 bits per heavy atom. The molecule has 0 aliphatic heterocycles. The first-order chi connectivity index (χ1) is 10.1. The van der Waals surface area contributed by atoms with Gasteiger partial charge in [0, 0.05) is 22.8 Å². The zero-order valence-electron chi connectivity index (χ0n) is 11.5. The van der Waals surface area contributed by atoms with Crippen molar-refractivity contribution < 1.29 is 9.18 Å². The van der Waals surface area contributed by atoms with Gasteiger partial charge in [-0.15, -0.1) is 11.8 Å². The van der Waals surface area contributed by atoms with E-state index in [0.29, 0.717) is 22.9 Å². The maximum atomic E-state index is 13.1. The second-order valence-electron chi connectivity index (χ2n) is 4.54. The van der Waals surface area contributed by atoms with Crippen LogP contribution in [0.2, 0.25) is 5.02 Å². The molecule has 0 heterocycles. The Labute approximate surface area is 132 Å². The van der Waals surface area contributed by atoms with Crippen molar-refractivity contribution in [1.82, 2.24) is 0 Å². The predicted molar refractivity (Wildman–Crippen MR) is 86.6 cm³/mol. The van der Waals surface area contributed by atoms with E-state index < -0.39 is 0 Å². The highest BCUT2D eigenvalue weighted by atomic mass is 35.5. The van der Waals surface area contributed by atoms with E-state index in [1.807, 2.05) is 31.2 Å². The van der Waals surface area contributed by atoms with Crippen LogP contribution < -0.4 is 5.32 Å². The number of halogens is 2. The Morgan fingerprint density at radius 2 is 2.05 bits per heavy atom. The maximum absolute atomic E-state index is 13.1. The molecule has 0 bridgehead atoms. The molecule has 0 atom stereocenters. The Morgan fingerprint density at radius 1 is 1.29 bits per heavy atom. The molecule has 0 aromatic heterocycles. The number of anilines is 1. The maximum Gasteiger partial charge on any atom is 0.225 e. The molecular weight excluding hydrogens is 309 g/mol. The molecule has 0 saturated heterocycles. The van der Waals surface area contributed by atoms with Gasteiger partial charge >= 0.3 is 0 Å². The number of amides is 1. The summed E-state index contributed by atoms with van der Waals surface area (Å²) < 4.78 is 13.1. The van der Waals surface area contributed by atoms with Crippen LogP contribution >= 0.6 is 23.4 Å². The fraction of sp³-hybridized carbons (Fsp3) is 0.188. The zero-order chi connectivity index (χ0) is 15.2. The molecule has 5 heteroatoms. The highest BCUT2D eigenvalue weighted by Crippen LogP contribution is 2.27. The van der Waals surface area contributed by atoms with Crippen molar-refractivity contribution in [1.29, 1.82) is 0 Å². The Balaban J connectivity index is 1.85. The van der Waals surface area contributed by atoms with Crippen LogP contribution in [0.3, 0.4) is 0 Å². The predicted octanol–water partition coefficient (Wildman–Crippen LogP) is 4.91. The molecule has 0 spiro atoms. The van der Waals surface area contributed by atoms with Crippen LogP contribution in [0.5, 0.6) is 0 Å². The van der Waals surface area contributed by atoms with Gasteiger partial charge in [-0.05, 0) is 36.8 Å². The van der Waals surface area contributed by atoms with Gasteiger partial charge in [0.25, 0.3) is 0 Å². The minimum absolute atomic E-state index is 0.136. The average molecular weight is 324 g/mol. The number of hydrogen-bond acceptors (Lipinski definition) is 2. The fourth-order valence-corrected chi connectivity index (χ4v) is 2.94. The number of aryl methyl sites for hydroxylation is 1. The van der Waals surface area contributed by atoms with Crippen LogP contribution in [-0.4, -0.2) is 11.7 Å². The lowest BCUT2D eigenvalue weighted by Gasteiger charge is -2.08. The largest absolute Gasteiger partial charge is 0.326 e. The lowest BCUT2D eigenvalue weighted by atomic mass is 10.2. The molecule has 1 amide bonds. The van der Waals surface area contributed by atoms with Gasteiger partial charge in [-0.3, -0.25) is 4.79 Å². The number of hydrogen-bond donors (Lipinski definition) is 1. The van der Waals surface area contributed by atoms with Crippen molar-refractivity contribution in [3.8, 4) is 0 Å². The van der Waals surface area contributed by atoms with E-state index in [4.69, 9.17) is 11.6 Å². The van der Waals surface area contributed by atoms with Gasteiger partial charge in [0.1, 0.15) is 5.82 Å². The van der Waals surface area contributed by atoms with Crippen molar-refractivity contribution in [2.45, 2.75) is 18.2 Å². The second-order valence-corrected chi connectivity index (χ2v) is 6.08. The van der Waals surface area contributed by atoms with Crippen LogP contribution in [0, 0.1) is 12.7 Å². The standard InChI is InChI=1S/C16H15ClFNOS/c1-11-6-7-12(18)10-14(11)19-16(20)8-9-21-15-5-3-2-4-13(15)17/h2-7,10H,8-9H2,1H3,(H,19,20). The van der Waals surface area contributed by atoms with E-state index in [0.717, 1.165) is 10.5 Å². The molecular formula is C16H15ClFNOS. The van der Waals surface area contributed by atoms with Crippen molar-refractivity contribution in [3.63, 3.8) is 0 Å². The summed E-state index contributed by atoms with van der Waals surface area (Å²) in [5.74, 6) is 0.119. The number of thioether (sulfide) groups is 1. The van der Waals surface area contributed by atoms with E-state index in [9.17, 15) is 9.18 Å². The Hall–Kier alpha value is -1.52. The van der Waals surface area contributed by atoms with Crippen molar-refractivity contribution in [2.75, 3.05) is 11.1 Å². The zero-order valence-corrected chi connectivity index (χ0v) is 13.1. The first-order valence-corrected chi connectivity index (χ1v) is 7.86. The van der Waals surface area contributed by atoms with Crippen LogP contribution in [-0.2, 0) is 4.79 Å².